The Hall–Kier alpha value is -2.23. The van der Waals surface area contributed by atoms with Crippen LogP contribution in [0.5, 0.6) is 5.75 Å². The molecule has 0 atom stereocenters. The van der Waals surface area contributed by atoms with E-state index in [2.05, 4.69) is 4.98 Å². The predicted octanol–water partition coefficient (Wildman–Crippen LogP) is 3.35. The molecule has 0 aliphatic rings. The van der Waals surface area contributed by atoms with Gasteiger partial charge in [-0.25, -0.2) is 4.39 Å². The smallest absolute Gasteiger partial charge is 0.165 e. The predicted molar refractivity (Wildman–Crippen MR) is 74.6 cm³/mol. The average molecular weight is 273 g/mol. The van der Waals surface area contributed by atoms with Crippen LogP contribution < -0.4 is 4.74 Å². The lowest BCUT2D eigenvalue weighted by Crippen LogP contribution is -2.03. The maximum atomic E-state index is 13.5. The molecule has 0 aliphatic heterocycles. The molecule has 0 fully saturated rings. The molecule has 0 unspecified atom stereocenters. The molecule has 4 heteroatoms. The number of rotatable bonds is 5. The molecule has 1 aromatic heterocycles. The Morgan fingerprint density at radius 3 is 2.75 bits per heavy atom. The summed E-state index contributed by atoms with van der Waals surface area (Å²) in [6, 6.07) is 9.96. The third kappa shape index (κ3) is 3.41. The van der Waals surface area contributed by atoms with E-state index < -0.39 is 5.82 Å². The second-order valence-electron chi connectivity index (χ2n) is 4.54. The van der Waals surface area contributed by atoms with Gasteiger partial charge >= 0.3 is 0 Å². The fourth-order valence-electron chi connectivity index (χ4n) is 1.96. The quantitative estimate of drug-likeness (QED) is 0.784. The lowest BCUT2D eigenvalue weighted by Gasteiger charge is -2.05. The molecular formula is C16H16FNO2. The van der Waals surface area contributed by atoms with Crippen molar-refractivity contribution in [2.75, 3.05) is 7.11 Å². The summed E-state index contributed by atoms with van der Waals surface area (Å²) in [5.41, 5.74) is 2.15. The molecule has 1 aromatic carbocycles. The SMILES string of the molecule is COc1ccc(C(=O)CCc2cccc(C)n2)cc1F. The average Bonchev–Trinajstić information content (AvgIpc) is 2.44. The topological polar surface area (TPSA) is 39.2 Å². The summed E-state index contributed by atoms with van der Waals surface area (Å²) < 4.78 is 18.4. The first-order chi connectivity index (χ1) is 9.60. The minimum atomic E-state index is -0.521. The van der Waals surface area contributed by atoms with Crippen LogP contribution in [0.2, 0.25) is 0 Å². The van der Waals surface area contributed by atoms with Crippen LogP contribution in [0.1, 0.15) is 28.2 Å². The fourth-order valence-corrected chi connectivity index (χ4v) is 1.96. The summed E-state index contributed by atoms with van der Waals surface area (Å²) in [7, 11) is 1.39. The van der Waals surface area contributed by atoms with Crippen LogP contribution in [-0.2, 0) is 6.42 Å². The van der Waals surface area contributed by atoms with E-state index in [9.17, 15) is 9.18 Å². The van der Waals surface area contributed by atoms with Crippen molar-refractivity contribution in [2.24, 2.45) is 0 Å². The van der Waals surface area contributed by atoms with E-state index in [1.807, 2.05) is 25.1 Å². The number of pyridine rings is 1. The molecule has 0 radical (unpaired) electrons. The first-order valence-corrected chi connectivity index (χ1v) is 6.39. The van der Waals surface area contributed by atoms with Gasteiger partial charge in [-0.3, -0.25) is 9.78 Å². The Kier molecular flexibility index (Phi) is 4.45. The van der Waals surface area contributed by atoms with Gasteiger partial charge in [0.1, 0.15) is 0 Å². The van der Waals surface area contributed by atoms with Crippen LogP contribution in [0.15, 0.2) is 36.4 Å². The molecule has 20 heavy (non-hydrogen) atoms. The molecule has 0 spiro atoms. The van der Waals surface area contributed by atoms with Crippen LogP contribution in [0.25, 0.3) is 0 Å². The first-order valence-electron chi connectivity index (χ1n) is 6.39. The Morgan fingerprint density at radius 2 is 2.10 bits per heavy atom. The molecule has 0 N–H and O–H groups in total. The zero-order chi connectivity index (χ0) is 14.5. The molecule has 1 heterocycles. The lowest BCUT2D eigenvalue weighted by molar-refractivity contribution is 0.0982. The van der Waals surface area contributed by atoms with Crippen molar-refractivity contribution in [1.82, 2.24) is 4.98 Å². The van der Waals surface area contributed by atoms with Gasteiger partial charge in [0.2, 0.25) is 0 Å². The number of hydrogen-bond donors (Lipinski definition) is 0. The van der Waals surface area contributed by atoms with Crippen molar-refractivity contribution in [2.45, 2.75) is 19.8 Å². The van der Waals surface area contributed by atoms with E-state index in [4.69, 9.17) is 4.74 Å². The Labute approximate surface area is 117 Å². The van der Waals surface area contributed by atoms with Gasteiger partial charge in [0.05, 0.1) is 7.11 Å². The van der Waals surface area contributed by atoms with Gasteiger partial charge in [-0.05, 0) is 43.7 Å². The number of halogens is 1. The van der Waals surface area contributed by atoms with Gasteiger partial charge in [0.15, 0.2) is 17.3 Å². The highest BCUT2D eigenvalue weighted by Crippen LogP contribution is 2.19. The lowest BCUT2D eigenvalue weighted by atomic mass is 10.0. The van der Waals surface area contributed by atoms with Crippen molar-refractivity contribution in [1.29, 1.82) is 0 Å². The largest absolute Gasteiger partial charge is 0.494 e. The summed E-state index contributed by atoms with van der Waals surface area (Å²) in [6.07, 6.45) is 0.858. The molecule has 0 saturated heterocycles. The summed E-state index contributed by atoms with van der Waals surface area (Å²) in [6.45, 7) is 1.91. The van der Waals surface area contributed by atoms with Crippen molar-refractivity contribution in [3.63, 3.8) is 0 Å². The zero-order valence-corrected chi connectivity index (χ0v) is 11.5. The van der Waals surface area contributed by atoms with Crippen molar-refractivity contribution < 1.29 is 13.9 Å². The maximum absolute atomic E-state index is 13.5. The first kappa shape index (κ1) is 14.2. The summed E-state index contributed by atoms with van der Waals surface area (Å²) in [5, 5.41) is 0. The van der Waals surface area contributed by atoms with E-state index in [0.717, 1.165) is 11.4 Å². The number of carbonyl (C=O) groups excluding carboxylic acids is 1. The number of methoxy groups -OCH3 is 1. The van der Waals surface area contributed by atoms with Crippen LogP contribution in [0, 0.1) is 12.7 Å². The fraction of sp³-hybridized carbons (Fsp3) is 0.250. The summed E-state index contributed by atoms with van der Waals surface area (Å²) >= 11 is 0. The number of Topliss-reactive ketones (excluding diaryl/α,β-unsaturated/α-hetero) is 1. The minimum Gasteiger partial charge on any atom is -0.494 e. The molecule has 0 aliphatic carbocycles. The third-order valence-electron chi connectivity index (χ3n) is 3.03. The van der Waals surface area contributed by atoms with E-state index in [1.165, 1.54) is 19.2 Å². The molecule has 104 valence electrons. The Balaban J connectivity index is 2.03. The minimum absolute atomic E-state index is 0.102. The molecular weight excluding hydrogens is 257 g/mol. The van der Waals surface area contributed by atoms with E-state index in [1.54, 1.807) is 6.07 Å². The number of hydrogen-bond acceptors (Lipinski definition) is 3. The molecule has 0 amide bonds. The Morgan fingerprint density at radius 1 is 1.30 bits per heavy atom. The number of aryl methyl sites for hydroxylation is 2. The number of aromatic nitrogens is 1. The van der Waals surface area contributed by atoms with Gasteiger partial charge in [-0.1, -0.05) is 6.07 Å². The highest BCUT2D eigenvalue weighted by Gasteiger charge is 2.10. The normalized spacial score (nSPS) is 10.3. The molecule has 3 nitrogen and oxygen atoms in total. The van der Waals surface area contributed by atoms with Gasteiger partial charge < -0.3 is 4.74 Å². The van der Waals surface area contributed by atoms with E-state index in [0.29, 0.717) is 18.4 Å². The zero-order valence-electron chi connectivity index (χ0n) is 11.5. The maximum Gasteiger partial charge on any atom is 0.165 e. The van der Waals surface area contributed by atoms with Gasteiger partial charge in [-0.15, -0.1) is 0 Å². The monoisotopic (exact) mass is 273 g/mol. The van der Waals surface area contributed by atoms with Crippen LogP contribution in [0.4, 0.5) is 4.39 Å². The van der Waals surface area contributed by atoms with Crippen LogP contribution in [-0.4, -0.2) is 17.9 Å². The van der Waals surface area contributed by atoms with Crippen LogP contribution in [0.3, 0.4) is 0 Å². The number of carbonyl (C=O) groups is 1. The number of benzene rings is 1. The second-order valence-corrected chi connectivity index (χ2v) is 4.54. The van der Waals surface area contributed by atoms with Crippen molar-refractivity contribution >= 4 is 5.78 Å². The van der Waals surface area contributed by atoms with Crippen LogP contribution >= 0.6 is 0 Å². The molecule has 0 saturated carbocycles. The van der Waals surface area contributed by atoms with E-state index in [-0.39, 0.29) is 11.5 Å². The molecule has 2 rings (SSSR count). The standard InChI is InChI=1S/C16H16FNO2/c1-11-4-3-5-13(18-11)7-8-15(19)12-6-9-16(20-2)14(17)10-12/h3-6,9-10H,7-8H2,1-2H3. The highest BCUT2D eigenvalue weighted by atomic mass is 19.1. The van der Waals surface area contributed by atoms with Crippen molar-refractivity contribution in [3.05, 3.63) is 59.2 Å². The Bertz CT molecular complexity index is 626. The summed E-state index contributed by atoms with van der Waals surface area (Å²) in [4.78, 5) is 16.4. The van der Waals surface area contributed by atoms with E-state index >= 15 is 0 Å². The molecule has 2 aromatic rings. The van der Waals surface area contributed by atoms with Gasteiger partial charge in [-0.2, -0.15) is 0 Å². The van der Waals surface area contributed by atoms with Gasteiger partial charge in [0.25, 0.3) is 0 Å². The number of nitrogens with zero attached hydrogens (tertiary/aromatic N) is 1. The van der Waals surface area contributed by atoms with Crippen molar-refractivity contribution in [3.8, 4) is 5.75 Å². The number of ketones is 1. The molecule has 0 bridgehead atoms. The summed E-state index contributed by atoms with van der Waals surface area (Å²) in [5.74, 6) is -0.483. The third-order valence-corrected chi connectivity index (χ3v) is 3.03. The van der Waals surface area contributed by atoms with Gasteiger partial charge in [0, 0.05) is 23.4 Å². The second kappa shape index (κ2) is 6.28. The number of ether oxygens (including phenoxy) is 1. The highest BCUT2D eigenvalue weighted by molar-refractivity contribution is 5.96.